The number of carbonyl (C=O) groups is 1. The molecule has 0 saturated carbocycles. The van der Waals surface area contributed by atoms with Crippen LogP contribution in [0.1, 0.15) is 10.4 Å². The van der Waals surface area contributed by atoms with E-state index in [1.54, 1.807) is 42.9 Å². The Morgan fingerprint density at radius 1 is 0.800 bits per heavy atom. The number of anilines is 1. The predicted molar refractivity (Wildman–Crippen MR) is 152 cm³/mol. The SMILES string of the molecule is O=C(Nc1cncc(-c2ccc3[nH]nc(-c4nc5c(-c6cccc(F)c6)nccc5[nH]4)c3c2)c1)c1ccccc1. The molecule has 0 aliphatic rings. The van der Waals surface area contributed by atoms with Crippen LogP contribution in [-0.2, 0) is 0 Å². The summed E-state index contributed by atoms with van der Waals surface area (Å²) < 4.78 is 13.9. The number of halogens is 1. The van der Waals surface area contributed by atoms with Crippen LogP contribution in [0.3, 0.4) is 0 Å². The minimum absolute atomic E-state index is 0.205. The lowest BCUT2D eigenvalue weighted by Gasteiger charge is -2.08. The fourth-order valence-corrected chi connectivity index (χ4v) is 4.73. The summed E-state index contributed by atoms with van der Waals surface area (Å²) in [5.74, 6) is 0.0197. The van der Waals surface area contributed by atoms with E-state index in [-0.39, 0.29) is 11.7 Å². The van der Waals surface area contributed by atoms with E-state index in [2.05, 4.69) is 30.5 Å². The van der Waals surface area contributed by atoms with Crippen LogP contribution in [-0.4, -0.2) is 36.0 Å². The summed E-state index contributed by atoms with van der Waals surface area (Å²) in [6.45, 7) is 0. The summed E-state index contributed by atoms with van der Waals surface area (Å²) in [6.07, 6.45) is 5.03. The van der Waals surface area contributed by atoms with Gasteiger partial charge in [0.25, 0.3) is 5.91 Å². The number of hydrogen-bond acceptors (Lipinski definition) is 5. The van der Waals surface area contributed by atoms with Gasteiger partial charge in [0, 0.05) is 34.5 Å². The average molecular weight is 526 g/mol. The lowest BCUT2D eigenvalue weighted by atomic mass is 10.0. The van der Waals surface area contributed by atoms with Gasteiger partial charge in [0.15, 0.2) is 5.82 Å². The molecule has 40 heavy (non-hydrogen) atoms. The molecule has 3 N–H and O–H groups in total. The van der Waals surface area contributed by atoms with Gasteiger partial charge in [-0.2, -0.15) is 5.10 Å². The molecule has 7 aromatic rings. The first-order chi connectivity index (χ1) is 19.6. The molecule has 7 rings (SSSR count). The van der Waals surface area contributed by atoms with Gasteiger partial charge in [-0.05, 0) is 54.1 Å². The van der Waals surface area contributed by atoms with E-state index in [1.165, 1.54) is 12.1 Å². The summed E-state index contributed by atoms with van der Waals surface area (Å²) in [4.78, 5) is 29.6. The van der Waals surface area contributed by atoms with Crippen LogP contribution in [0.25, 0.3) is 55.8 Å². The fourth-order valence-electron chi connectivity index (χ4n) is 4.73. The molecule has 0 aliphatic carbocycles. The molecule has 4 heterocycles. The maximum atomic E-state index is 13.9. The van der Waals surface area contributed by atoms with Crippen LogP contribution in [0.4, 0.5) is 10.1 Å². The standard InChI is InChI=1S/C31H20FN7O/c32-22-8-4-7-20(13-22)27-29-26(11-12-34-27)36-30(37-29)28-24-15-19(9-10-25(24)38-39-28)21-14-23(17-33-16-21)35-31(40)18-5-2-1-3-6-18/h1-17H,(H,35,40)(H,36,37)(H,38,39). The third-order valence-electron chi connectivity index (χ3n) is 6.65. The molecule has 4 aromatic heterocycles. The number of aromatic amines is 2. The summed E-state index contributed by atoms with van der Waals surface area (Å²) in [5, 5.41) is 11.4. The number of imidazole rings is 1. The molecule has 0 bridgehead atoms. The van der Waals surface area contributed by atoms with E-state index in [1.807, 2.05) is 48.5 Å². The second kappa shape index (κ2) is 9.55. The van der Waals surface area contributed by atoms with Gasteiger partial charge in [0.05, 0.1) is 28.6 Å². The fraction of sp³-hybridized carbons (Fsp3) is 0. The number of rotatable bonds is 5. The molecule has 0 radical (unpaired) electrons. The van der Waals surface area contributed by atoms with Crippen molar-refractivity contribution in [1.82, 2.24) is 30.1 Å². The highest BCUT2D eigenvalue weighted by atomic mass is 19.1. The minimum Gasteiger partial charge on any atom is -0.336 e. The van der Waals surface area contributed by atoms with Crippen LogP contribution in [0.15, 0.2) is 104 Å². The van der Waals surface area contributed by atoms with E-state index in [0.717, 1.165) is 27.5 Å². The zero-order valence-corrected chi connectivity index (χ0v) is 20.9. The second-order valence-corrected chi connectivity index (χ2v) is 9.27. The van der Waals surface area contributed by atoms with Crippen molar-refractivity contribution in [3.63, 3.8) is 0 Å². The zero-order valence-electron chi connectivity index (χ0n) is 20.9. The number of nitrogens with zero attached hydrogens (tertiary/aromatic N) is 4. The zero-order chi connectivity index (χ0) is 27.1. The Bertz CT molecular complexity index is 2030. The average Bonchev–Trinajstić information content (AvgIpc) is 3.61. The number of aromatic nitrogens is 6. The first-order valence-electron chi connectivity index (χ1n) is 12.5. The topological polar surface area (TPSA) is 112 Å². The van der Waals surface area contributed by atoms with Gasteiger partial charge in [0.2, 0.25) is 0 Å². The smallest absolute Gasteiger partial charge is 0.255 e. The molecule has 0 unspecified atom stereocenters. The quantitative estimate of drug-likeness (QED) is 0.234. The number of benzene rings is 3. The molecular formula is C31H20FN7O. The van der Waals surface area contributed by atoms with Crippen LogP contribution in [0, 0.1) is 5.82 Å². The van der Waals surface area contributed by atoms with Crippen LogP contribution in [0.2, 0.25) is 0 Å². The van der Waals surface area contributed by atoms with Gasteiger partial charge in [-0.3, -0.25) is 19.9 Å². The third kappa shape index (κ3) is 4.25. The largest absolute Gasteiger partial charge is 0.336 e. The number of H-pyrrole nitrogens is 2. The Hall–Kier alpha value is -5.70. The van der Waals surface area contributed by atoms with Crippen molar-refractivity contribution in [3.05, 3.63) is 115 Å². The first kappa shape index (κ1) is 23.4. The number of nitrogens with one attached hydrogen (secondary N) is 3. The van der Waals surface area contributed by atoms with Crippen LogP contribution >= 0.6 is 0 Å². The summed E-state index contributed by atoms with van der Waals surface area (Å²) >= 11 is 0. The molecular weight excluding hydrogens is 505 g/mol. The molecule has 1 amide bonds. The van der Waals surface area contributed by atoms with Gasteiger partial charge < -0.3 is 10.3 Å². The maximum Gasteiger partial charge on any atom is 0.255 e. The lowest BCUT2D eigenvalue weighted by molar-refractivity contribution is 0.102. The van der Waals surface area contributed by atoms with Crippen molar-refractivity contribution in [2.24, 2.45) is 0 Å². The molecule has 0 saturated heterocycles. The van der Waals surface area contributed by atoms with Gasteiger partial charge in [-0.15, -0.1) is 0 Å². The highest BCUT2D eigenvalue weighted by Crippen LogP contribution is 2.33. The number of pyridine rings is 2. The van der Waals surface area contributed by atoms with E-state index in [0.29, 0.717) is 39.5 Å². The molecule has 9 heteroatoms. The van der Waals surface area contributed by atoms with Gasteiger partial charge in [-0.25, -0.2) is 9.37 Å². The molecule has 0 aliphatic heterocycles. The molecule has 0 spiro atoms. The molecule has 3 aromatic carbocycles. The van der Waals surface area contributed by atoms with Crippen LogP contribution in [0.5, 0.6) is 0 Å². The number of carbonyl (C=O) groups excluding carboxylic acids is 1. The summed E-state index contributed by atoms with van der Waals surface area (Å²) in [5.41, 5.74) is 6.99. The highest BCUT2D eigenvalue weighted by molar-refractivity contribution is 6.04. The van der Waals surface area contributed by atoms with Crippen molar-refractivity contribution in [1.29, 1.82) is 0 Å². The summed E-state index contributed by atoms with van der Waals surface area (Å²) in [6, 6.07) is 25.0. The van der Waals surface area contributed by atoms with Crippen molar-refractivity contribution < 1.29 is 9.18 Å². The Balaban J connectivity index is 1.25. The van der Waals surface area contributed by atoms with Crippen molar-refractivity contribution in [2.45, 2.75) is 0 Å². The van der Waals surface area contributed by atoms with Crippen molar-refractivity contribution >= 4 is 33.5 Å². The first-order valence-corrected chi connectivity index (χ1v) is 12.5. The predicted octanol–water partition coefficient (Wildman–Crippen LogP) is 6.62. The third-order valence-corrected chi connectivity index (χ3v) is 6.65. The second-order valence-electron chi connectivity index (χ2n) is 9.27. The van der Waals surface area contributed by atoms with Gasteiger partial charge in [-0.1, -0.05) is 36.4 Å². The van der Waals surface area contributed by atoms with E-state index in [9.17, 15) is 9.18 Å². The Morgan fingerprint density at radius 2 is 1.70 bits per heavy atom. The number of fused-ring (bicyclic) bond motifs is 2. The Morgan fingerprint density at radius 3 is 2.58 bits per heavy atom. The van der Waals surface area contributed by atoms with E-state index < -0.39 is 0 Å². The molecule has 0 fully saturated rings. The van der Waals surface area contributed by atoms with Crippen molar-refractivity contribution in [2.75, 3.05) is 5.32 Å². The Labute approximate surface area is 227 Å². The number of amides is 1. The van der Waals surface area contributed by atoms with Gasteiger partial charge in [0.1, 0.15) is 17.0 Å². The van der Waals surface area contributed by atoms with E-state index in [4.69, 9.17) is 4.98 Å². The Kier molecular flexibility index (Phi) is 5.59. The maximum absolute atomic E-state index is 13.9. The van der Waals surface area contributed by atoms with E-state index >= 15 is 0 Å². The minimum atomic E-state index is -0.337. The highest BCUT2D eigenvalue weighted by Gasteiger charge is 2.17. The molecule has 0 atom stereocenters. The summed E-state index contributed by atoms with van der Waals surface area (Å²) in [7, 11) is 0. The normalized spacial score (nSPS) is 11.2. The molecule has 8 nitrogen and oxygen atoms in total. The monoisotopic (exact) mass is 525 g/mol. The van der Waals surface area contributed by atoms with Gasteiger partial charge >= 0.3 is 0 Å². The van der Waals surface area contributed by atoms with Crippen LogP contribution < -0.4 is 5.32 Å². The van der Waals surface area contributed by atoms with Crippen molar-refractivity contribution in [3.8, 4) is 33.9 Å². The lowest BCUT2D eigenvalue weighted by Crippen LogP contribution is -2.11. The molecule has 192 valence electrons. The number of hydrogen-bond donors (Lipinski definition) is 3.